The van der Waals surface area contributed by atoms with Gasteiger partial charge in [0.2, 0.25) is 0 Å². The summed E-state index contributed by atoms with van der Waals surface area (Å²) < 4.78 is 5.87. The molecule has 0 aliphatic rings. The van der Waals surface area contributed by atoms with E-state index in [1.165, 1.54) is 0 Å². The van der Waals surface area contributed by atoms with Crippen molar-refractivity contribution >= 4 is 11.0 Å². The largest absolute Gasteiger partial charge is 0.459 e. The summed E-state index contributed by atoms with van der Waals surface area (Å²) in [5.41, 5.74) is 9.25. The first kappa shape index (κ1) is 11.0. The van der Waals surface area contributed by atoms with Crippen molar-refractivity contribution in [3.05, 3.63) is 65.7 Å². The predicted molar refractivity (Wildman–Crippen MR) is 71.2 cm³/mol. The summed E-state index contributed by atoms with van der Waals surface area (Å²) in [4.78, 5) is 3.99. The van der Waals surface area contributed by atoms with Crippen molar-refractivity contribution < 1.29 is 4.42 Å². The van der Waals surface area contributed by atoms with Crippen molar-refractivity contribution in [2.24, 2.45) is 5.73 Å². The molecule has 2 aromatic heterocycles. The fourth-order valence-corrected chi connectivity index (χ4v) is 2.12. The highest BCUT2D eigenvalue weighted by atomic mass is 16.3. The predicted octanol–water partition coefficient (Wildman–Crippen LogP) is 3.18. The molecule has 2 heterocycles. The number of aromatic nitrogens is 1. The third kappa shape index (κ3) is 1.79. The van der Waals surface area contributed by atoms with Crippen molar-refractivity contribution in [2.75, 3.05) is 0 Å². The minimum Gasteiger partial charge on any atom is -0.459 e. The monoisotopic (exact) mass is 238 g/mol. The number of nitrogens with zero attached hydrogens (tertiary/aromatic N) is 1. The quantitative estimate of drug-likeness (QED) is 0.746. The summed E-state index contributed by atoms with van der Waals surface area (Å²) in [6, 6.07) is 11.7. The van der Waals surface area contributed by atoms with E-state index in [1.54, 1.807) is 12.4 Å². The molecule has 2 N–H and O–H groups in total. The van der Waals surface area contributed by atoms with E-state index in [1.807, 2.05) is 43.3 Å². The van der Waals surface area contributed by atoms with E-state index < -0.39 is 0 Å². The van der Waals surface area contributed by atoms with Crippen LogP contribution < -0.4 is 5.73 Å². The van der Waals surface area contributed by atoms with E-state index in [9.17, 15) is 0 Å². The molecule has 0 spiro atoms. The van der Waals surface area contributed by atoms with Gasteiger partial charge in [0.15, 0.2) is 0 Å². The Balaban J connectivity index is 2.07. The van der Waals surface area contributed by atoms with Gasteiger partial charge in [-0.05, 0) is 36.2 Å². The summed E-state index contributed by atoms with van der Waals surface area (Å²) >= 11 is 0. The van der Waals surface area contributed by atoms with Gasteiger partial charge < -0.3 is 10.2 Å². The molecule has 90 valence electrons. The number of nitrogens with two attached hydrogens (primary N) is 1. The van der Waals surface area contributed by atoms with Gasteiger partial charge in [-0.15, -0.1) is 0 Å². The Morgan fingerprint density at radius 3 is 2.67 bits per heavy atom. The smallest absolute Gasteiger partial charge is 0.137 e. The van der Waals surface area contributed by atoms with Crippen molar-refractivity contribution in [2.45, 2.75) is 13.0 Å². The summed E-state index contributed by atoms with van der Waals surface area (Å²) in [7, 11) is 0. The molecule has 0 aliphatic carbocycles. The first-order valence-electron chi connectivity index (χ1n) is 5.90. The van der Waals surface area contributed by atoms with Crippen LogP contribution in [0.2, 0.25) is 0 Å². The third-order valence-corrected chi connectivity index (χ3v) is 3.13. The topological polar surface area (TPSA) is 52.0 Å². The van der Waals surface area contributed by atoms with Crippen LogP contribution in [0.1, 0.15) is 22.9 Å². The Kier molecular flexibility index (Phi) is 2.61. The van der Waals surface area contributed by atoms with Gasteiger partial charge in [0.05, 0.1) is 6.04 Å². The zero-order valence-corrected chi connectivity index (χ0v) is 10.1. The molecule has 0 aliphatic heterocycles. The van der Waals surface area contributed by atoms with Crippen LogP contribution in [0.5, 0.6) is 0 Å². The van der Waals surface area contributed by atoms with E-state index >= 15 is 0 Å². The number of aryl methyl sites for hydroxylation is 1. The number of furan rings is 1. The van der Waals surface area contributed by atoms with Crippen molar-refractivity contribution in [1.82, 2.24) is 4.98 Å². The Hall–Kier alpha value is -2.13. The van der Waals surface area contributed by atoms with Crippen LogP contribution in [-0.4, -0.2) is 4.98 Å². The molecule has 1 unspecified atom stereocenters. The maximum atomic E-state index is 6.21. The molecule has 3 rings (SSSR count). The lowest BCUT2D eigenvalue weighted by molar-refractivity contribution is 0.523. The molecule has 0 radical (unpaired) electrons. The van der Waals surface area contributed by atoms with Crippen LogP contribution in [-0.2, 0) is 0 Å². The maximum absolute atomic E-state index is 6.21. The van der Waals surface area contributed by atoms with Crippen LogP contribution in [0, 0.1) is 6.92 Å². The van der Waals surface area contributed by atoms with E-state index in [0.29, 0.717) is 0 Å². The Bertz CT molecular complexity index is 673. The van der Waals surface area contributed by atoms with Gasteiger partial charge in [-0.3, -0.25) is 4.98 Å². The lowest BCUT2D eigenvalue weighted by Gasteiger charge is -2.07. The van der Waals surface area contributed by atoms with E-state index in [0.717, 1.165) is 27.9 Å². The van der Waals surface area contributed by atoms with Crippen LogP contribution in [0.15, 0.2) is 53.2 Å². The van der Waals surface area contributed by atoms with Gasteiger partial charge >= 0.3 is 0 Å². The average molecular weight is 238 g/mol. The summed E-state index contributed by atoms with van der Waals surface area (Å²) in [6.45, 7) is 2.04. The molecule has 1 atom stereocenters. The highest BCUT2D eigenvalue weighted by Crippen LogP contribution is 2.28. The van der Waals surface area contributed by atoms with Crippen molar-refractivity contribution in [3.8, 4) is 0 Å². The zero-order valence-electron chi connectivity index (χ0n) is 10.1. The fraction of sp³-hybridized carbons (Fsp3) is 0.133. The number of para-hydroxylation sites is 1. The maximum Gasteiger partial charge on any atom is 0.137 e. The first-order chi connectivity index (χ1) is 8.75. The highest BCUT2D eigenvalue weighted by Gasteiger charge is 2.14. The number of benzene rings is 1. The second-order valence-electron chi connectivity index (χ2n) is 4.40. The third-order valence-electron chi connectivity index (χ3n) is 3.13. The molecule has 0 saturated heterocycles. The van der Waals surface area contributed by atoms with Crippen LogP contribution >= 0.6 is 0 Å². The summed E-state index contributed by atoms with van der Waals surface area (Å²) in [6.07, 6.45) is 3.48. The number of hydrogen-bond donors (Lipinski definition) is 1. The molecular weight excluding hydrogens is 224 g/mol. The van der Waals surface area contributed by atoms with Crippen molar-refractivity contribution in [3.63, 3.8) is 0 Å². The molecule has 0 bridgehead atoms. The van der Waals surface area contributed by atoms with E-state index in [4.69, 9.17) is 10.2 Å². The molecule has 3 aromatic rings. The molecule has 3 nitrogen and oxygen atoms in total. The van der Waals surface area contributed by atoms with E-state index in [2.05, 4.69) is 4.98 Å². The van der Waals surface area contributed by atoms with E-state index in [-0.39, 0.29) is 6.04 Å². The highest BCUT2D eigenvalue weighted by molar-refractivity contribution is 5.81. The second-order valence-corrected chi connectivity index (χ2v) is 4.40. The Labute approximate surface area is 105 Å². The summed E-state index contributed by atoms with van der Waals surface area (Å²) in [5, 5.41) is 1.09. The Morgan fingerprint density at radius 1 is 1.17 bits per heavy atom. The van der Waals surface area contributed by atoms with Crippen LogP contribution in [0.3, 0.4) is 0 Å². The number of fused-ring (bicyclic) bond motifs is 1. The molecule has 0 fully saturated rings. The Morgan fingerprint density at radius 2 is 1.94 bits per heavy atom. The zero-order chi connectivity index (χ0) is 12.5. The van der Waals surface area contributed by atoms with Gasteiger partial charge in [0.1, 0.15) is 11.3 Å². The van der Waals surface area contributed by atoms with Crippen LogP contribution in [0.25, 0.3) is 11.0 Å². The second kappa shape index (κ2) is 4.27. The van der Waals surface area contributed by atoms with Gasteiger partial charge in [0, 0.05) is 17.8 Å². The fourth-order valence-electron chi connectivity index (χ4n) is 2.12. The number of pyridine rings is 1. The number of rotatable bonds is 2. The normalized spacial score (nSPS) is 12.8. The molecular formula is C15H14N2O. The lowest BCUT2D eigenvalue weighted by atomic mass is 10.1. The average Bonchev–Trinajstić information content (AvgIpc) is 2.84. The molecule has 0 amide bonds. The van der Waals surface area contributed by atoms with Crippen molar-refractivity contribution in [1.29, 1.82) is 0 Å². The standard InChI is InChI=1S/C15H14N2O/c1-10-3-2-4-12-9-13(18-15(10)12)14(16)11-5-7-17-8-6-11/h2-9,14H,16H2,1H3. The molecule has 18 heavy (non-hydrogen) atoms. The molecule has 3 heteroatoms. The van der Waals surface area contributed by atoms with Crippen LogP contribution in [0.4, 0.5) is 0 Å². The SMILES string of the molecule is Cc1cccc2cc(C(N)c3ccncc3)oc12. The summed E-state index contributed by atoms with van der Waals surface area (Å²) in [5.74, 6) is 0.783. The number of hydrogen-bond acceptors (Lipinski definition) is 3. The first-order valence-corrected chi connectivity index (χ1v) is 5.90. The minimum absolute atomic E-state index is 0.250. The molecule has 1 aromatic carbocycles. The van der Waals surface area contributed by atoms with Gasteiger partial charge in [-0.1, -0.05) is 18.2 Å². The minimum atomic E-state index is -0.250. The van der Waals surface area contributed by atoms with Gasteiger partial charge in [0.25, 0.3) is 0 Å². The van der Waals surface area contributed by atoms with Gasteiger partial charge in [-0.25, -0.2) is 0 Å². The van der Waals surface area contributed by atoms with Gasteiger partial charge in [-0.2, -0.15) is 0 Å². The molecule has 0 saturated carbocycles. The lowest BCUT2D eigenvalue weighted by Crippen LogP contribution is -2.10.